The van der Waals surface area contributed by atoms with Crippen LogP contribution in [0.25, 0.3) is 0 Å². The molecule has 0 bridgehead atoms. The highest BCUT2D eigenvalue weighted by molar-refractivity contribution is 7.08. The molecule has 2 amide bonds. The average Bonchev–Trinajstić information content (AvgIpc) is 3.37. The molecule has 0 radical (unpaired) electrons. The molecule has 148 valence electrons. The molecule has 2 aliphatic rings. The van der Waals surface area contributed by atoms with Gasteiger partial charge in [-0.2, -0.15) is 11.3 Å². The first-order valence-electron chi connectivity index (χ1n) is 9.52. The van der Waals surface area contributed by atoms with E-state index in [0.717, 1.165) is 42.9 Å². The van der Waals surface area contributed by atoms with E-state index in [-0.39, 0.29) is 24.3 Å². The molecule has 0 aliphatic carbocycles. The quantitative estimate of drug-likeness (QED) is 0.811. The molecule has 0 spiro atoms. The minimum Gasteiger partial charge on any atom is -0.370 e. The summed E-state index contributed by atoms with van der Waals surface area (Å²) >= 11 is 7.87. The topological polar surface area (TPSA) is 66.6 Å². The van der Waals surface area contributed by atoms with Crippen molar-refractivity contribution in [1.29, 1.82) is 0 Å². The van der Waals surface area contributed by atoms with Crippen molar-refractivity contribution >= 4 is 34.8 Å². The molecule has 1 aromatic carbocycles. The highest BCUT2D eigenvalue weighted by Crippen LogP contribution is 2.38. The lowest BCUT2D eigenvalue weighted by Crippen LogP contribution is -2.35. The second kappa shape index (κ2) is 7.85. The lowest BCUT2D eigenvalue weighted by atomic mass is 10.0. The van der Waals surface area contributed by atoms with Gasteiger partial charge in [-0.3, -0.25) is 14.5 Å². The standard InChI is InChI=1S/C21H24ClN3O2S/c1-13-2-3-14(6-18(13)22)19(7-20(23)26)24-8-16-10-25(11-17(16)9-24)21(27)15-4-5-28-12-15/h2-6,12,16-17,19H,7-11H2,1H3,(H2,23,26). The van der Waals surface area contributed by atoms with E-state index >= 15 is 0 Å². The van der Waals surface area contributed by atoms with Crippen LogP contribution >= 0.6 is 22.9 Å². The van der Waals surface area contributed by atoms with Crippen LogP contribution in [0.3, 0.4) is 0 Å². The zero-order valence-corrected chi connectivity index (χ0v) is 17.4. The Morgan fingerprint density at radius 3 is 2.50 bits per heavy atom. The number of benzene rings is 1. The van der Waals surface area contributed by atoms with Gasteiger partial charge in [-0.05, 0) is 47.4 Å². The van der Waals surface area contributed by atoms with Gasteiger partial charge in [-0.1, -0.05) is 23.7 Å². The SMILES string of the molecule is Cc1ccc(C(CC(N)=O)N2CC3CN(C(=O)c4ccsc4)CC3C2)cc1Cl. The van der Waals surface area contributed by atoms with E-state index in [1.165, 1.54) is 0 Å². The molecule has 28 heavy (non-hydrogen) atoms. The molecule has 2 fully saturated rings. The van der Waals surface area contributed by atoms with Crippen LogP contribution in [0.15, 0.2) is 35.0 Å². The van der Waals surface area contributed by atoms with Crippen molar-refractivity contribution in [1.82, 2.24) is 9.80 Å². The summed E-state index contributed by atoms with van der Waals surface area (Å²) in [5.41, 5.74) is 8.37. The number of rotatable bonds is 5. The highest BCUT2D eigenvalue weighted by Gasteiger charge is 2.44. The number of hydrogen-bond acceptors (Lipinski definition) is 4. The Morgan fingerprint density at radius 1 is 1.21 bits per heavy atom. The van der Waals surface area contributed by atoms with E-state index in [0.29, 0.717) is 16.9 Å². The average molecular weight is 418 g/mol. The zero-order valence-electron chi connectivity index (χ0n) is 15.8. The number of aryl methyl sites for hydroxylation is 1. The van der Waals surface area contributed by atoms with Gasteiger partial charge in [-0.25, -0.2) is 0 Å². The highest BCUT2D eigenvalue weighted by atomic mass is 35.5. The first-order valence-corrected chi connectivity index (χ1v) is 10.8. The number of hydrogen-bond donors (Lipinski definition) is 1. The minimum atomic E-state index is -0.312. The van der Waals surface area contributed by atoms with Gasteiger partial charge in [0.1, 0.15) is 0 Å². The smallest absolute Gasteiger partial charge is 0.254 e. The Labute approximate surface area is 174 Å². The number of likely N-dealkylation sites (tertiary alicyclic amines) is 2. The van der Waals surface area contributed by atoms with Crippen LogP contribution in [-0.4, -0.2) is 47.8 Å². The van der Waals surface area contributed by atoms with E-state index in [1.807, 2.05) is 46.8 Å². The van der Waals surface area contributed by atoms with Crippen LogP contribution in [0.4, 0.5) is 0 Å². The molecule has 2 aromatic rings. The molecule has 2 saturated heterocycles. The van der Waals surface area contributed by atoms with Gasteiger partial charge < -0.3 is 10.6 Å². The maximum absolute atomic E-state index is 12.6. The molecule has 5 nitrogen and oxygen atoms in total. The zero-order chi connectivity index (χ0) is 19.8. The van der Waals surface area contributed by atoms with Gasteiger partial charge in [0.25, 0.3) is 5.91 Å². The Bertz CT molecular complexity index is 872. The third kappa shape index (κ3) is 3.81. The number of amides is 2. The van der Waals surface area contributed by atoms with Crippen LogP contribution in [0.2, 0.25) is 5.02 Å². The third-order valence-corrected chi connectivity index (χ3v) is 7.08. The molecule has 2 N–H and O–H groups in total. The Morgan fingerprint density at radius 2 is 1.93 bits per heavy atom. The summed E-state index contributed by atoms with van der Waals surface area (Å²) in [7, 11) is 0. The predicted octanol–water partition coefficient (Wildman–Crippen LogP) is 3.33. The second-order valence-electron chi connectivity index (χ2n) is 7.89. The molecule has 3 atom stereocenters. The van der Waals surface area contributed by atoms with Crippen molar-refractivity contribution in [3.05, 3.63) is 56.7 Å². The first-order chi connectivity index (χ1) is 13.4. The summed E-state index contributed by atoms with van der Waals surface area (Å²) in [4.78, 5) is 28.7. The predicted molar refractivity (Wildman–Crippen MR) is 112 cm³/mol. The van der Waals surface area contributed by atoms with Gasteiger partial charge in [0.05, 0.1) is 5.56 Å². The fourth-order valence-electron chi connectivity index (χ4n) is 4.48. The van der Waals surface area contributed by atoms with Crippen LogP contribution in [-0.2, 0) is 4.79 Å². The number of fused-ring (bicyclic) bond motifs is 1. The van der Waals surface area contributed by atoms with Crippen LogP contribution in [0.5, 0.6) is 0 Å². The lowest BCUT2D eigenvalue weighted by molar-refractivity contribution is -0.119. The van der Waals surface area contributed by atoms with E-state index < -0.39 is 0 Å². The first kappa shape index (κ1) is 19.4. The fraction of sp³-hybridized carbons (Fsp3) is 0.429. The molecular formula is C21H24ClN3O2S. The second-order valence-corrected chi connectivity index (χ2v) is 9.08. The summed E-state index contributed by atoms with van der Waals surface area (Å²) in [6, 6.07) is 7.80. The van der Waals surface area contributed by atoms with Crippen molar-refractivity contribution in [3.8, 4) is 0 Å². The number of primary amides is 1. The Kier molecular flexibility index (Phi) is 5.45. The Hall–Kier alpha value is -1.89. The lowest BCUT2D eigenvalue weighted by Gasteiger charge is -2.29. The number of nitrogens with two attached hydrogens (primary N) is 1. The van der Waals surface area contributed by atoms with Crippen molar-refractivity contribution in [3.63, 3.8) is 0 Å². The number of carbonyl (C=O) groups excluding carboxylic acids is 2. The fourth-order valence-corrected chi connectivity index (χ4v) is 5.30. The minimum absolute atomic E-state index is 0.0674. The van der Waals surface area contributed by atoms with E-state index in [1.54, 1.807) is 11.3 Å². The van der Waals surface area contributed by atoms with Crippen molar-refractivity contribution < 1.29 is 9.59 Å². The van der Waals surface area contributed by atoms with E-state index in [2.05, 4.69) is 4.90 Å². The summed E-state index contributed by atoms with van der Waals surface area (Å²) < 4.78 is 0. The van der Waals surface area contributed by atoms with Crippen molar-refractivity contribution in [2.45, 2.75) is 19.4 Å². The molecule has 7 heteroatoms. The van der Waals surface area contributed by atoms with Gasteiger partial charge >= 0.3 is 0 Å². The molecule has 2 aliphatic heterocycles. The summed E-state index contributed by atoms with van der Waals surface area (Å²) in [5, 5.41) is 4.55. The summed E-state index contributed by atoms with van der Waals surface area (Å²) in [6.07, 6.45) is 0.274. The molecule has 4 rings (SSSR count). The Balaban J connectivity index is 1.47. The van der Waals surface area contributed by atoms with Crippen LogP contribution in [0, 0.1) is 18.8 Å². The van der Waals surface area contributed by atoms with Crippen LogP contribution in [0.1, 0.15) is 33.9 Å². The van der Waals surface area contributed by atoms with Crippen molar-refractivity contribution in [2.24, 2.45) is 17.6 Å². The number of thiophene rings is 1. The number of nitrogens with zero attached hydrogens (tertiary/aromatic N) is 2. The number of carbonyl (C=O) groups is 2. The van der Waals surface area contributed by atoms with Gasteiger partial charge in [-0.15, -0.1) is 0 Å². The number of halogens is 1. The molecule has 1 aromatic heterocycles. The van der Waals surface area contributed by atoms with E-state index in [4.69, 9.17) is 17.3 Å². The largest absolute Gasteiger partial charge is 0.370 e. The van der Waals surface area contributed by atoms with Crippen molar-refractivity contribution in [2.75, 3.05) is 26.2 Å². The third-order valence-electron chi connectivity index (χ3n) is 5.99. The van der Waals surface area contributed by atoms with E-state index in [9.17, 15) is 9.59 Å². The molecule has 3 heterocycles. The van der Waals surface area contributed by atoms with Gasteiger partial charge in [0, 0.05) is 49.0 Å². The maximum Gasteiger partial charge on any atom is 0.254 e. The van der Waals surface area contributed by atoms with Gasteiger partial charge in [0.2, 0.25) is 5.91 Å². The summed E-state index contributed by atoms with van der Waals surface area (Å²) in [6.45, 7) is 5.24. The molecular weight excluding hydrogens is 394 g/mol. The molecule has 3 unspecified atom stereocenters. The monoisotopic (exact) mass is 417 g/mol. The normalized spacial score (nSPS) is 23.0. The molecule has 0 saturated carbocycles. The maximum atomic E-state index is 12.6. The summed E-state index contributed by atoms with van der Waals surface area (Å²) in [5.74, 6) is 0.673. The van der Waals surface area contributed by atoms with Gasteiger partial charge in [0.15, 0.2) is 0 Å². The van der Waals surface area contributed by atoms with Crippen LogP contribution < -0.4 is 5.73 Å².